The molecule has 0 atom stereocenters. The molecule has 0 saturated heterocycles. The number of tetrazole rings is 1. The van der Waals surface area contributed by atoms with E-state index in [1.54, 1.807) is 44.6 Å². The highest BCUT2D eigenvalue weighted by Gasteiger charge is 2.13. The molecule has 2 N–H and O–H groups in total. The predicted molar refractivity (Wildman–Crippen MR) is 122 cm³/mol. The first-order chi connectivity index (χ1) is 16.1. The van der Waals surface area contributed by atoms with E-state index in [1.165, 1.54) is 11.0 Å². The molecule has 0 bridgehead atoms. The van der Waals surface area contributed by atoms with Crippen LogP contribution in [0.3, 0.4) is 0 Å². The number of benzene rings is 3. The average molecular weight is 445 g/mol. The van der Waals surface area contributed by atoms with Crippen molar-refractivity contribution in [2.45, 2.75) is 6.42 Å². The number of phenols is 1. The van der Waals surface area contributed by atoms with Crippen LogP contribution in [0.15, 0.2) is 67.0 Å². The molecule has 0 fully saturated rings. The van der Waals surface area contributed by atoms with Crippen molar-refractivity contribution < 1.29 is 19.4 Å². The molecule has 9 heteroatoms. The zero-order valence-corrected chi connectivity index (χ0v) is 18.2. The van der Waals surface area contributed by atoms with Gasteiger partial charge in [0.2, 0.25) is 0 Å². The first kappa shape index (κ1) is 21.8. The third kappa shape index (κ3) is 4.93. The highest BCUT2D eigenvalue weighted by Crippen LogP contribution is 2.31. The van der Waals surface area contributed by atoms with Crippen LogP contribution in [0.1, 0.15) is 15.9 Å². The lowest BCUT2D eigenvalue weighted by Gasteiger charge is -2.12. The molecule has 0 saturated carbocycles. The van der Waals surface area contributed by atoms with Crippen LogP contribution < -0.4 is 14.8 Å². The number of ether oxygens (including phenoxy) is 2. The third-order valence-corrected chi connectivity index (χ3v) is 5.16. The maximum Gasteiger partial charge on any atom is 0.251 e. The molecule has 0 unspecified atom stereocenters. The summed E-state index contributed by atoms with van der Waals surface area (Å²) in [5.74, 6) is 1.16. The number of aromatic hydroxyl groups is 1. The Hall–Kier alpha value is -4.40. The summed E-state index contributed by atoms with van der Waals surface area (Å²) in [6, 6.07) is 17.8. The lowest BCUT2D eigenvalue weighted by Crippen LogP contribution is -2.26. The van der Waals surface area contributed by atoms with Gasteiger partial charge in [-0.3, -0.25) is 4.79 Å². The number of rotatable bonds is 8. The lowest BCUT2D eigenvalue weighted by atomic mass is 10.0. The Morgan fingerprint density at radius 2 is 1.85 bits per heavy atom. The summed E-state index contributed by atoms with van der Waals surface area (Å²) in [6.45, 7) is 0.426. The van der Waals surface area contributed by atoms with Gasteiger partial charge in [0.1, 0.15) is 12.1 Å². The molecule has 1 amide bonds. The van der Waals surface area contributed by atoms with Crippen molar-refractivity contribution in [1.82, 2.24) is 25.5 Å². The predicted octanol–water partition coefficient (Wildman–Crippen LogP) is 3.02. The standard InChI is InChI=1S/C24H23N5O4/c1-32-22-8-7-16(11-23(22)33-2)9-10-25-24(31)18-12-17(20-5-3-4-6-21(20)30)13-19(14-18)29-15-26-27-28-29/h3-8,11-15,30H,9-10H2,1-2H3,(H,25,31). The molecule has 0 aliphatic heterocycles. The van der Waals surface area contributed by atoms with Crippen LogP contribution in [0.25, 0.3) is 16.8 Å². The normalized spacial score (nSPS) is 10.6. The van der Waals surface area contributed by atoms with Gasteiger partial charge in [-0.2, -0.15) is 0 Å². The van der Waals surface area contributed by atoms with Crippen LogP contribution in [0, 0.1) is 0 Å². The third-order valence-electron chi connectivity index (χ3n) is 5.16. The Balaban J connectivity index is 1.55. The molecule has 0 radical (unpaired) electrons. The second kappa shape index (κ2) is 9.82. The van der Waals surface area contributed by atoms with Crippen LogP contribution in [0.4, 0.5) is 0 Å². The van der Waals surface area contributed by atoms with E-state index in [4.69, 9.17) is 9.47 Å². The van der Waals surface area contributed by atoms with Crippen molar-refractivity contribution in [3.05, 3.63) is 78.1 Å². The second-order valence-corrected chi connectivity index (χ2v) is 7.24. The van der Waals surface area contributed by atoms with E-state index in [9.17, 15) is 9.90 Å². The van der Waals surface area contributed by atoms with Gasteiger partial charge in [0, 0.05) is 17.7 Å². The monoisotopic (exact) mass is 445 g/mol. The van der Waals surface area contributed by atoms with Crippen LogP contribution in [-0.4, -0.2) is 52.0 Å². The van der Waals surface area contributed by atoms with Crippen molar-refractivity contribution in [3.8, 4) is 34.1 Å². The van der Waals surface area contributed by atoms with Gasteiger partial charge in [0.05, 0.1) is 19.9 Å². The van der Waals surface area contributed by atoms with Gasteiger partial charge in [0.25, 0.3) is 5.91 Å². The van der Waals surface area contributed by atoms with Crippen LogP contribution in [0.5, 0.6) is 17.2 Å². The molecule has 9 nitrogen and oxygen atoms in total. The Kier molecular flexibility index (Phi) is 6.49. The molecule has 0 aliphatic rings. The maximum absolute atomic E-state index is 13.0. The summed E-state index contributed by atoms with van der Waals surface area (Å²) in [6.07, 6.45) is 2.06. The largest absolute Gasteiger partial charge is 0.507 e. The molecule has 4 aromatic rings. The Labute approximate surface area is 190 Å². The van der Waals surface area contributed by atoms with Gasteiger partial charge in [-0.15, -0.1) is 5.10 Å². The molecule has 0 aliphatic carbocycles. The van der Waals surface area contributed by atoms with Crippen molar-refractivity contribution in [2.24, 2.45) is 0 Å². The summed E-state index contributed by atoms with van der Waals surface area (Å²) < 4.78 is 12.1. The van der Waals surface area contributed by atoms with Crippen molar-refractivity contribution in [2.75, 3.05) is 20.8 Å². The van der Waals surface area contributed by atoms with Gasteiger partial charge < -0.3 is 19.9 Å². The number of carbonyl (C=O) groups is 1. The molecule has 0 spiro atoms. The second-order valence-electron chi connectivity index (χ2n) is 7.24. The first-order valence-corrected chi connectivity index (χ1v) is 10.2. The highest BCUT2D eigenvalue weighted by molar-refractivity contribution is 5.96. The van der Waals surface area contributed by atoms with E-state index in [0.717, 1.165) is 5.56 Å². The molecular weight excluding hydrogens is 422 g/mol. The summed E-state index contributed by atoms with van der Waals surface area (Å²) in [4.78, 5) is 13.0. The van der Waals surface area contributed by atoms with Gasteiger partial charge >= 0.3 is 0 Å². The van der Waals surface area contributed by atoms with Crippen molar-refractivity contribution >= 4 is 5.91 Å². The molecule has 1 heterocycles. The number of hydrogen-bond acceptors (Lipinski definition) is 7. The van der Waals surface area contributed by atoms with Crippen LogP contribution in [-0.2, 0) is 6.42 Å². The minimum absolute atomic E-state index is 0.117. The number of nitrogens with one attached hydrogen (secondary N) is 1. The maximum atomic E-state index is 13.0. The fourth-order valence-corrected chi connectivity index (χ4v) is 3.49. The van der Waals surface area contributed by atoms with Gasteiger partial charge in [-0.05, 0) is 64.4 Å². The number of nitrogens with zero attached hydrogens (tertiary/aromatic N) is 4. The van der Waals surface area contributed by atoms with Crippen molar-refractivity contribution in [3.63, 3.8) is 0 Å². The van der Waals surface area contributed by atoms with E-state index in [-0.39, 0.29) is 11.7 Å². The number of amides is 1. The number of methoxy groups -OCH3 is 2. The van der Waals surface area contributed by atoms with E-state index in [2.05, 4.69) is 20.8 Å². The molecule has 168 valence electrons. The summed E-state index contributed by atoms with van der Waals surface area (Å²) >= 11 is 0. The van der Waals surface area contributed by atoms with Gasteiger partial charge in [-0.25, -0.2) is 4.68 Å². The van der Waals surface area contributed by atoms with Crippen LogP contribution >= 0.6 is 0 Å². The smallest absolute Gasteiger partial charge is 0.251 e. The Bertz CT molecular complexity index is 1260. The quantitative estimate of drug-likeness (QED) is 0.429. The molecule has 3 aromatic carbocycles. The van der Waals surface area contributed by atoms with Gasteiger partial charge in [0.15, 0.2) is 11.5 Å². The number of phenolic OH excluding ortho intramolecular Hbond substituents is 1. The summed E-state index contributed by atoms with van der Waals surface area (Å²) in [5.41, 5.74) is 3.31. The highest BCUT2D eigenvalue weighted by atomic mass is 16.5. The number of aromatic nitrogens is 4. The Morgan fingerprint density at radius 3 is 2.58 bits per heavy atom. The zero-order chi connectivity index (χ0) is 23.2. The van der Waals surface area contributed by atoms with Crippen molar-refractivity contribution in [1.29, 1.82) is 0 Å². The minimum atomic E-state index is -0.248. The molecular formula is C24H23N5O4. The summed E-state index contributed by atoms with van der Waals surface area (Å²) in [5, 5.41) is 24.5. The average Bonchev–Trinajstić information content (AvgIpc) is 3.39. The molecule has 1 aromatic heterocycles. The lowest BCUT2D eigenvalue weighted by molar-refractivity contribution is 0.0954. The molecule has 33 heavy (non-hydrogen) atoms. The van der Waals surface area contributed by atoms with E-state index in [0.29, 0.717) is 46.8 Å². The number of carbonyl (C=O) groups excluding carboxylic acids is 1. The van der Waals surface area contributed by atoms with Crippen LogP contribution in [0.2, 0.25) is 0 Å². The summed E-state index contributed by atoms with van der Waals surface area (Å²) in [7, 11) is 3.17. The fraction of sp³-hybridized carbons (Fsp3) is 0.167. The SMILES string of the molecule is COc1ccc(CCNC(=O)c2cc(-c3ccccc3O)cc(-n3cnnn3)c2)cc1OC. The Morgan fingerprint density at radius 1 is 1.03 bits per heavy atom. The topological polar surface area (TPSA) is 111 Å². The minimum Gasteiger partial charge on any atom is -0.507 e. The molecule has 4 rings (SSSR count). The van der Waals surface area contributed by atoms with E-state index >= 15 is 0 Å². The van der Waals surface area contributed by atoms with E-state index in [1.807, 2.05) is 30.3 Å². The van der Waals surface area contributed by atoms with E-state index < -0.39 is 0 Å². The zero-order valence-electron chi connectivity index (χ0n) is 18.2. The fourth-order valence-electron chi connectivity index (χ4n) is 3.49. The number of para-hydroxylation sites is 1. The number of hydrogen-bond donors (Lipinski definition) is 2. The van der Waals surface area contributed by atoms with Gasteiger partial charge in [-0.1, -0.05) is 24.3 Å². The first-order valence-electron chi connectivity index (χ1n) is 10.2.